The van der Waals surface area contributed by atoms with Crippen LogP contribution in [0, 0.1) is 0 Å². The van der Waals surface area contributed by atoms with Gasteiger partial charge in [-0.2, -0.15) is 0 Å². The second-order valence-electron chi connectivity index (χ2n) is 3.23. The molecule has 1 aliphatic rings. The van der Waals surface area contributed by atoms with E-state index in [9.17, 15) is 0 Å². The molecule has 2 nitrogen and oxygen atoms in total. The van der Waals surface area contributed by atoms with Gasteiger partial charge >= 0.3 is 0 Å². The van der Waals surface area contributed by atoms with Crippen LogP contribution in [-0.2, 0) is 6.42 Å². The monoisotopic (exact) mass is 148 g/mol. The first-order chi connectivity index (χ1) is 5.38. The Morgan fingerprint density at radius 3 is 3.27 bits per heavy atom. The summed E-state index contributed by atoms with van der Waals surface area (Å²) < 4.78 is 0. The van der Waals surface area contributed by atoms with E-state index < -0.39 is 0 Å². The summed E-state index contributed by atoms with van der Waals surface area (Å²) in [5.41, 5.74) is 2.62. The molecule has 1 aromatic rings. The average molecular weight is 148 g/mol. The highest BCUT2D eigenvalue weighted by Crippen LogP contribution is 2.27. The Labute approximate surface area is 66.7 Å². The topological polar surface area (TPSA) is 25.8 Å². The van der Waals surface area contributed by atoms with E-state index in [1.54, 1.807) is 6.33 Å². The minimum atomic E-state index is 0.641. The van der Waals surface area contributed by atoms with E-state index in [-0.39, 0.29) is 0 Å². The molecule has 2 heteroatoms. The minimum absolute atomic E-state index is 0.641. The number of hydrogen-bond donors (Lipinski definition) is 0. The highest BCUT2D eigenvalue weighted by atomic mass is 14.8. The van der Waals surface area contributed by atoms with Crippen LogP contribution in [0.2, 0.25) is 0 Å². The van der Waals surface area contributed by atoms with Crippen molar-refractivity contribution >= 4 is 0 Å². The highest BCUT2D eigenvalue weighted by molar-refractivity contribution is 5.22. The number of hydrogen-bond acceptors (Lipinski definition) is 2. The van der Waals surface area contributed by atoms with Crippen LogP contribution in [0.15, 0.2) is 12.5 Å². The Hall–Kier alpha value is -0.920. The summed E-state index contributed by atoms with van der Waals surface area (Å²) in [6.45, 7) is 2.24. The van der Waals surface area contributed by atoms with Crippen molar-refractivity contribution in [3.63, 3.8) is 0 Å². The number of aryl methyl sites for hydroxylation is 1. The van der Waals surface area contributed by atoms with Crippen molar-refractivity contribution in [2.75, 3.05) is 0 Å². The summed E-state index contributed by atoms with van der Waals surface area (Å²) in [7, 11) is 0. The van der Waals surface area contributed by atoms with Gasteiger partial charge in [0, 0.05) is 11.9 Å². The molecule has 0 amide bonds. The molecule has 0 aromatic carbocycles. The van der Waals surface area contributed by atoms with E-state index in [0.29, 0.717) is 5.92 Å². The first-order valence-electron chi connectivity index (χ1n) is 4.16. The fourth-order valence-corrected chi connectivity index (χ4v) is 1.74. The molecule has 0 saturated carbocycles. The van der Waals surface area contributed by atoms with Gasteiger partial charge in [0.15, 0.2) is 0 Å². The third-order valence-corrected chi connectivity index (χ3v) is 2.37. The SMILES string of the molecule is CC1CCCc2cncnc21. The Morgan fingerprint density at radius 1 is 1.55 bits per heavy atom. The van der Waals surface area contributed by atoms with E-state index in [1.807, 2.05) is 6.20 Å². The summed E-state index contributed by atoms with van der Waals surface area (Å²) in [4.78, 5) is 8.31. The zero-order valence-electron chi connectivity index (χ0n) is 6.75. The van der Waals surface area contributed by atoms with Gasteiger partial charge in [-0.25, -0.2) is 9.97 Å². The van der Waals surface area contributed by atoms with Gasteiger partial charge in [0.1, 0.15) is 6.33 Å². The quantitative estimate of drug-likeness (QED) is 0.561. The second-order valence-corrected chi connectivity index (χ2v) is 3.23. The van der Waals surface area contributed by atoms with Crippen molar-refractivity contribution < 1.29 is 0 Å². The second kappa shape index (κ2) is 2.61. The highest BCUT2D eigenvalue weighted by Gasteiger charge is 2.16. The summed E-state index contributed by atoms with van der Waals surface area (Å²) in [6, 6.07) is 0. The molecular weight excluding hydrogens is 136 g/mol. The molecule has 1 unspecified atom stereocenters. The smallest absolute Gasteiger partial charge is 0.115 e. The van der Waals surface area contributed by atoms with Crippen LogP contribution in [0.25, 0.3) is 0 Å². The minimum Gasteiger partial charge on any atom is -0.245 e. The Bertz CT molecular complexity index is 257. The van der Waals surface area contributed by atoms with Crippen molar-refractivity contribution in [3.8, 4) is 0 Å². The van der Waals surface area contributed by atoms with Crippen LogP contribution < -0.4 is 0 Å². The molecule has 0 spiro atoms. The van der Waals surface area contributed by atoms with Crippen molar-refractivity contribution in [2.45, 2.75) is 32.1 Å². The van der Waals surface area contributed by atoms with E-state index in [1.165, 1.54) is 30.5 Å². The molecule has 1 heterocycles. The van der Waals surface area contributed by atoms with Gasteiger partial charge in [-0.3, -0.25) is 0 Å². The van der Waals surface area contributed by atoms with Crippen LogP contribution in [0.1, 0.15) is 36.9 Å². The fraction of sp³-hybridized carbons (Fsp3) is 0.556. The molecule has 58 valence electrons. The van der Waals surface area contributed by atoms with Crippen molar-refractivity contribution in [3.05, 3.63) is 23.8 Å². The predicted octanol–water partition coefficient (Wildman–Crippen LogP) is 1.92. The lowest BCUT2D eigenvalue weighted by Crippen LogP contribution is -2.09. The Balaban J connectivity index is 2.44. The van der Waals surface area contributed by atoms with Crippen LogP contribution >= 0.6 is 0 Å². The fourth-order valence-electron chi connectivity index (χ4n) is 1.74. The maximum Gasteiger partial charge on any atom is 0.115 e. The molecule has 0 fully saturated rings. The first-order valence-corrected chi connectivity index (χ1v) is 4.16. The van der Waals surface area contributed by atoms with Crippen LogP contribution in [0.4, 0.5) is 0 Å². The van der Waals surface area contributed by atoms with E-state index in [2.05, 4.69) is 16.9 Å². The van der Waals surface area contributed by atoms with Crippen LogP contribution in [0.3, 0.4) is 0 Å². The summed E-state index contributed by atoms with van der Waals surface area (Å²) in [5.74, 6) is 0.641. The van der Waals surface area contributed by atoms with Gasteiger partial charge < -0.3 is 0 Å². The number of nitrogens with zero attached hydrogens (tertiary/aromatic N) is 2. The molecular formula is C9H12N2. The van der Waals surface area contributed by atoms with Crippen molar-refractivity contribution in [1.29, 1.82) is 0 Å². The summed E-state index contributed by atoms with van der Waals surface area (Å²) >= 11 is 0. The van der Waals surface area contributed by atoms with Gasteiger partial charge in [0.25, 0.3) is 0 Å². The largest absolute Gasteiger partial charge is 0.245 e. The van der Waals surface area contributed by atoms with Gasteiger partial charge in [0.05, 0.1) is 0 Å². The van der Waals surface area contributed by atoms with Gasteiger partial charge in [0.2, 0.25) is 0 Å². The zero-order valence-corrected chi connectivity index (χ0v) is 6.75. The maximum absolute atomic E-state index is 4.29. The normalized spacial score (nSPS) is 22.8. The van der Waals surface area contributed by atoms with E-state index >= 15 is 0 Å². The molecule has 0 bridgehead atoms. The van der Waals surface area contributed by atoms with E-state index in [0.717, 1.165) is 0 Å². The lowest BCUT2D eigenvalue weighted by atomic mass is 9.89. The third-order valence-electron chi connectivity index (χ3n) is 2.37. The third kappa shape index (κ3) is 1.13. The summed E-state index contributed by atoms with van der Waals surface area (Å²) in [6.07, 6.45) is 7.35. The number of rotatable bonds is 0. The molecule has 1 aliphatic carbocycles. The number of fused-ring (bicyclic) bond motifs is 1. The molecule has 0 saturated heterocycles. The van der Waals surface area contributed by atoms with Crippen LogP contribution in [0.5, 0.6) is 0 Å². The molecule has 1 atom stereocenters. The maximum atomic E-state index is 4.29. The van der Waals surface area contributed by atoms with Crippen LogP contribution in [-0.4, -0.2) is 9.97 Å². The Morgan fingerprint density at radius 2 is 2.45 bits per heavy atom. The van der Waals surface area contributed by atoms with Gasteiger partial charge in [-0.1, -0.05) is 6.92 Å². The average Bonchev–Trinajstić information content (AvgIpc) is 2.06. The molecule has 11 heavy (non-hydrogen) atoms. The first kappa shape index (κ1) is 6.77. The number of aromatic nitrogens is 2. The zero-order chi connectivity index (χ0) is 7.68. The van der Waals surface area contributed by atoms with Gasteiger partial charge in [-0.15, -0.1) is 0 Å². The standard InChI is InChI=1S/C9H12N2/c1-7-3-2-4-8-5-10-6-11-9(7)8/h5-7H,2-4H2,1H3. The summed E-state index contributed by atoms with van der Waals surface area (Å²) in [5, 5.41) is 0. The van der Waals surface area contributed by atoms with Crippen molar-refractivity contribution in [2.24, 2.45) is 0 Å². The molecule has 1 aromatic heterocycles. The molecule has 0 aliphatic heterocycles. The Kier molecular flexibility index (Phi) is 1.60. The van der Waals surface area contributed by atoms with Crippen molar-refractivity contribution in [1.82, 2.24) is 9.97 Å². The molecule has 2 rings (SSSR count). The lowest BCUT2D eigenvalue weighted by Gasteiger charge is -2.19. The predicted molar refractivity (Wildman–Crippen MR) is 43.4 cm³/mol. The lowest BCUT2D eigenvalue weighted by molar-refractivity contribution is 0.570. The van der Waals surface area contributed by atoms with E-state index in [4.69, 9.17) is 0 Å². The molecule has 0 radical (unpaired) electrons. The molecule has 0 N–H and O–H groups in total. The van der Waals surface area contributed by atoms with Gasteiger partial charge in [-0.05, 0) is 30.7 Å².